The van der Waals surface area contributed by atoms with Gasteiger partial charge in [-0.1, -0.05) is 164 Å². The molecule has 0 radical (unpaired) electrons. The number of nitrogens with zero attached hydrogens (tertiary/aromatic N) is 2. The topological polar surface area (TPSA) is 176 Å². The van der Waals surface area contributed by atoms with Gasteiger partial charge in [-0.2, -0.15) is 5.26 Å². The van der Waals surface area contributed by atoms with E-state index < -0.39 is 22.2 Å². The van der Waals surface area contributed by atoms with Crippen LogP contribution in [0.2, 0.25) is 0 Å². The van der Waals surface area contributed by atoms with Gasteiger partial charge < -0.3 is 71.2 Å². The van der Waals surface area contributed by atoms with Crippen LogP contribution in [-0.2, 0) is 54.5 Å². The van der Waals surface area contributed by atoms with E-state index in [1.165, 1.54) is 0 Å². The zero-order valence-electron chi connectivity index (χ0n) is 64.7. The molecule has 0 fully saturated rings. The molecule has 0 heterocycles. The highest BCUT2D eigenvalue weighted by atomic mass is 31.1. The van der Waals surface area contributed by atoms with Gasteiger partial charge in [-0.25, -0.2) is 0 Å². The van der Waals surface area contributed by atoms with Crippen molar-refractivity contribution in [1.82, 2.24) is 4.67 Å². The van der Waals surface area contributed by atoms with Crippen LogP contribution in [0.4, 0.5) is 0 Å². The largest absolute Gasteiger partial charge is 0.497 e. The minimum absolute atomic E-state index is 0.0729. The smallest absolute Gasteiger partial charge is 0.143 e. The lowest BCUT2D eigenvalue weighted by Crippen LogP contribution is -2.42. The van der Waals surface area contributed by atoms with Crippen LogP contribution in [0.15, 0.2) is 237 Å². The maximum atomic E-state index is 9.77. The van der Waals surface area contributed by atoms with Gasteiger partial charge in [-0.15, -0.1) is 0 Å². The number of unbranched alkanes of at least 4 members (excludes halogenated alkanes) is 1. The van der Waals surface area contributed by atoms with E-state index in [1.807, 2.05) is 127 Å². The molecule has 18 heteroatoms. The molecule has 0 amide bonds. The highest BCUT2D eigenvalue weighted by Crippen LogP contribution is 2.45. The lowest BCUT2D eigenvalue weighted by atomic mass is 9.80. The average Bonchev–Trinajstić information content (AvgIpc) is 0.768. The van der Waals surface area contributed by atoms with E-state index in [0.29, 0.717) is 112 Å². The van der Waals surface area contributed by atoms with Gasteiger partial charge in [0.2, 0.25) is 0 Å². The zero-order valence-corrected chi connectivity index (χ0v) is 65.7. The molecule has 1 unspecified atom stereocenters. The summed E-state index contributed by atoms with van der Waals surface area (Å²) in [6, 6.07) is 82.1. The molecule has 0 aliphatic carbocycles. The monoisotopic (exact) mass is 1490 g/mol. The average molecular weight is 1490 g/mol. The van der Waals surface area contributed by atoms with Gasteiger partial charge in [0.25, 0.3) is 0 Å². The highest BCUT2D eigenvalue weighted by Gasteiger charge is 2.41. The summed E-state index contributed by atoms with van der Waals surface area (Å²) in [5.74, 6) is 4.46. The van der Waals surface area contributed by atoms with Crippen LogP contribution in [0.3, 0.4) is 0 Å². The minimum atomic E-state index is -0.991. The third-order valence-corrected chi connectivity index (χ3v) is 20.3. The molecule has 9 aromatic carbocycles. The fourth-order valence-corrected chi connectivity index (χ4v) is 13.9. The van der Waals surface area contributed by atoms with E-state index >= 15 is 0 Å². The summed E-state index contributed by atoms with van der Waals surface area (Å²) in [5.41, 5.74) is 4.82. The molecule has 0 aliphatic heterocycles. The molecule has 0 saturated heterocycles. The second kappa shape index (κ2) is 45.3. The van der Waals surface area contributed by atoms with Crippen LogP contribution in [0.5, 0.6) is 34.5 Å². The molecular formula is C90H111N2O15P. The Morgan fingerprint density at radius 1 is 0.324 bits per heavy atom. The molecule has 9 rings (SSSR count). The van der Waals surface area contributed by atoms with Crippen molar-refractivity contribution in [3.63, 3.8) is 0 Å². The maximum absolute atomic E-state index is 9.77. The fraction of sp³-hybridized carbons (Fsp3) is 0.389. The lowest BCUT2D eigenvalue weighted by molar-refractivity contribution is -0.113. The van der Waals surface area contributed by atoms with Gasteiger partial charge in [0, 0.05) is 45.1 Å². The summed E-state index contributed by atoms with van der Waals surface area (Å²) in [5, 5.41) is 18.1. The summed E-state index contributed by atoms with van der Waals surface area (Å²) in [4.78, 5) is 0. The van der Waals surface area contributed by atoms with Gasteiger partial charge in [0.15, 0.2) is 0 Å². The zero-order chi connectivity index (χ0) is 76.7. The van der Waals surface area contributed by atoms with Crippen LogP contribution in [0.25, 0.3) is 0 Å². The first kappa shape index (κ1) is 84.9. The van der Waals surface area contributed by atoms with Crippen molar-refractivity contribution in [3.05, 3.63) is 287 Å². The molecule has 0 bridgehead atoms. The summed E-state index contributed by atoms with van der Waals surface area (Å²) in [6.45, 7) is 12.8. The Balaban J connectivity index is 0.00000103. The second-order valence-corrected chi connectivity index (χ2v) is 27.7. The predicted molar refractivity (Wildman–Crippen MR) is 427 cm³/mol. The minimum Gasteiger partial charge on any atom is -0.497 e. The molecule has 576 valence electrons. The van der Waals surface area contributed by atoms with Crippen LogP contribution in [0.1, 0.15) is 116 Å². The van der Waals surface area contributed by atoms with Crippen molar-refractivity contribution in [2.75, 3.05) is 129 Å². The first-order valence-electron chi connectivity index (χ1n) is 37.2. The Morgan fingerprint density at radius 3 is 0.787 bits per heavy atom. The standard InChI is InChI=1S/C81H92O14.C9H19N2OP/c1-83-72-39-27-66(28-40-72)79(63-21-10-7-11-22-63,67-29-41-73(84-2)42-30-67)93-56-18-53-90-60-78(59-89-52-17-16-51-82,61-91-54-19-57-94-80(64-23-12-8-13-24-64,68-31-43-74(85-3)44-32-68)69-33-45-75(86-4)46-34-69)62-92-55-20-58-95-81(65-25-14-9-15-26-65,70-35-47-76(87-5)48-36-70)71-37-49-77(88-6)50-38-71;1-8(2)11(9(3)4)13-12-7-5-6-10/h7-15,21-50,82H,16-20,51-62H2,1-6H3;8-9,13H,5,7H2,1-4H3. The van der Waals surface area contributed by atoms with E-state index in [9.17, 15) is 5.11 Å². The van der Waals surface area contributed by atoms with Gasteiger partial charge in [-0.3, -0.25) is 4.67 Å². The van der Waals surface area contributed by atoms with E-state index in [4.69, 9.17) is 71.4 Å². The van der Waals surface area contributed by atoms with Crippen molar-refractivity contribution in [2.24, 2.45) is 5.41 Å². The number of hydrogen-bond donors (Lipinski definition) is 1. The third-order valence-electron chi connectivity index (χ3n) is 18.7. The molecule has 0 aromatic heterocycles. The van der Waals surface area contributed by atoms with Crippen LogP contribution >= 0.6 is 8.96 Å². The molecule has 0 aliphatic rings. The number of hydrogen-bond acceptors (Lipinski definition) is 17. The molecule has 108 heavy (non-hydrogen) atoms. The molecule has 17 nitrogen and oxygen atoms in total. The van der Waals surface area contributed by atoms with Crippen LogP contribution in [-0.4, -0.2) is 150 Å². The first-order valence-corrected chi connectivity index (χ1v) is 38.1. The molecule has 1 N–H and O–H groups in total. The van der Waals surface area contributed by atoms with Gasteiger partial charge in [0.05, 0.1) is 122 Å². The first-order chi connectivity index (χ1) is 52.8. The number of nitriles is 1. The Kier molecular flexibility index (Phi) is 35.6. The summed E-state index contributed by atoms with van der Waals surface area (Å²) in [6.07, 6.45) is 3.45. The Morgan fingerprint density at radius 2 is 0.565 bits per heavy atom. The van der Waals surface area contributed by atoms with Gasteiger partial charge in [-0.05, 0) is 183 Å². The van der Waals surface area contributed by atoms with Gasteiger partial charge in [0.1, 0.15) is 51.3 Å². The summed E-state index contributed by atoms with van der Waals surface area (Å²) >= 11 is 0. The van der Waals surface area contributed by atoms with Crippen LogP contribution < -0.4 is 28.4 Å². The molecule has 0 saturated carbocycles. The fourth-order valence-electron chi connectivity index (χ4n) is 13.1. The number of ether oxygens (including phenoxy) is 13. The summed E-state index contributed by atoms with van der Waals surface area (Å²) in [7, 11) is 10.4. The Labute approximate surface area is 643 Å². The Bertz CT molecular complexity index is 3420. The SMILES string of the molecule is CC(C)N(POCCC#N)C(C)C.COc1ccc(C(OCCCOCC(COCCCCO)(COCCCOC(c2ccccc2)(c2ccc(OC)cc2)c2ccc(OC)cc2)COCCCOC(c2ccccc2)(c2ccc(OC)cc2)c2ccc(OC)cc2)(c2ccccc2)c2ccc(OC)cc2)cc1. The molecule has 0 spiro atoms. The lowest BCUT2D eigenvalue weighted by Gasteiger charge is -2.36. The quantitative estimate of drug-likeness (QED) is 0.0216. The van der Waals surface area contributed by atoms with Crippen molar-refractivity contribution in [3.8, 4) is 40.6 Å². The number of rotatable bonds is 48. The van der Waals surface area contributed by atoms with Crippen molar-refractivity contribution < 1.29 is 71.2 Å². The molecule has 9 aromatic rings. The maximum Gasteiger partial charge on any atom is 0.143 e. The Hall–Kier alpha value is -8.70. The normalized spacial score (nSPS) is 11.9. The van der Waals surface area contributed by atoms with Crippen molar-refractivity contribution in [1.29, 1.82) is 5.26 Å². The van der Waals surface area contributed by atoms with E-state index in [1.54, 1.807) is 42.7 Å². The van der Waals surface area contributed by atoms with Crippen molar-refractivity contribution in [2.45, 2.75) is 95.1 Å². The third kappa shape index (κ3) is 23.4. The number of methoxy groups -OCH3 is 6. The molecule has 1 atom stereocenters. The number of benzene rings is 9. The number of aliphatic hydroxyl groups is 1. The summed E-state index contributed by atoms with van der Waals surface area (Å²) < 4.78 is 89.9. The predicted octanol–water partition coefficient (Wildman–Crippen LogP) is 17.6. The number of aliphatic hydroxyl groups excluding tert-OH is 1. The second-order valence-electron chi connectivity index (χ2n) is 26.7. The van der Waals surface area contributed by atoms with E-state index in [-0.39, 0.29) is 33.0 Å². The van der Waals surface area contributed by atoms with E-state index in [2.05, 4.69) is 148 Å². The highest BCUT2D eigenvalue weighted by molar-refractivity contribution is 7.29. The van der Waals surface area contributed by atoms with E-state index in [0.717, 1.165) is 84.6 Å². The van der Waals surface area contributed by atoms with Crippen LogP contribution in [0, 0.1) is 16.7 Å². The molecular weight excluding hydrogens is 1380 g/mol. The van der Waals surface area contributed by atoms with Gasteiger partial charge >= 0.3 is 0 Å². The van der Waals surface area contributed by atoms with Crippen molar-refractivity contribution >= 4 is 8.96 Å².